The van der Waals surface area contributed by atoms with Gasteiger partial charge in [-0.3, -0.25) is 4.79 Å². The fourth-order valence-corrected chi connectivity index (χ4v) is 2.02. The van der Waals surface area contributed by atoms with Crippen molar-refractivity contribution >= 4 is 21.8 Å². The van der Waals surface area contributed by atoms with E-state index in [1.807, 2.05) is 24.3 Å². The van der Waals surface area contributed by atoms with E-state index in [1.165, 1.54) is 0 Å². The summed E-state index contributed by atoms with van der Waals surface area (Å²) in [5.74, 6) is 0.0211. The molecule has 0 heterocycles. The number of rotatable bonds is 4. The molecule has 3 nitrogen and oxygen atoms in total. The minimum absolute atomic E-state index is 0.0211. The fraction of sp³-hybridized carbons (Fsp3) is 0.462. The molecule has 2 N–H and O–H groups in total. The van der Waals surface area contributed by atoms with Crippen LogP contribution in [0.4, 0.5) is 0 Å². The van der Waals surface area contributed by atoms with E-state index >= 15 is 0 Å². The van der Waals surface area contributed by atoms with Crippen LogP contribution in [0.15, 0.2) is 28.7 Å². The van der Waals surface area contributed by atoms with Crippen LogP contribution in [-0.2, 0) is 0 Å². The molecular formula is C13H19BrN2O. The highest BCUT2D eigenvalue weighted by molar-refractivity contribution is 9.10. The highest BCUT2D eigenvalue weighted by Crippen LogP contribution is 2.17. The van der Waals surface area contributed by atoms with Crippen molar-refractivity contribution in [2.45, 2.75) is 13.8 Å². The molecule has 17 heavy (non-hydrogen) atoms. The van der Waals surface area contributed by atoms with Crippen molar-refractivity contribution in [2.75, 3.05) is 20.1 Å². The van der Waals surface area contributed by atoms with Gasteiger partial charge in [-0.15, -0.1) is 0 Å². The van der Waals surface area contributed by atoms with E-state index in [1.54, 1.807) is 11.9 Å². The lowest BCUT2D eigenvalue weighted by Gasteiger charge is -2.29. The lowest BCUT2D eigenvalue weighted by molar-refractivity contribution is 0.0740. The Hall–Kier alpha value is -0.870. The number of carbonyl (C=O) groups is 1. The molecule has 1 aromatic carbocycles. The first kappa shape index (κ1) is 14.2. The van der Waals surface area contributed by atoms with Gasteiger partial charge in [0, 0.05) is 23.6 Å². The van der Waals surface area contributed by atoms with Gasteiger partial charge in [0.2, 0.25) is 0 Å². The van der Waals surface area contributed by atoms with Crippen LogP contribution in [0.2, 0.25) is 0 Å². The highest BCUT2D eigenvalue weighted by atomic mass is 79.9. The van der Waals surface area contributed by atoms with Crippen LogP contribution in [0, 0.1) is 5.41 Å². The van der Waals surface area contributed by atoms with E-state index in [0.29, 0.717) is 18.7 Å². The molecule has 0 saturated carbocycles. The summed E-state index contributed by atoms with van der Waals surface area (Å²) < 4.78 is 0.912. The van der Waals surface area contributed by atoms with Gasteiger partial charge in [-0.2, -0.15) is 0 Å². The second-order valence-corrected chi connectivity index (χ2v) is 5.96. The average molecular weight is 299 g/mol. The topological polar surface area (TPSA) is 46.3 Å². The molecule has 0 aliphatic heterocycles. The van der Waals surface area contributed by atoms with Crippen molar-refractivity contribution in [2.24, 2.45) is 11.1 Å². The van der Waals surface area contributed by atoms with Crippen molar-refractivity contribution in [1.29, 1.82) is 0 Å². The minimum Gasteiger partial charge on any atom is -0.341 e. The Bertz CT molecular complexity index is 404. The molecule has 0 atom stereocenters. The normalized spacial score (nSPS) is 11.4. The first-order valence-corrected chi connectivity index (χ1v) is 6.36. The number of nitrogens with two attached hydrogens (primary N) is 1. The molecule has 0 aromatic heterocycles. The summed E-state index contributed by atoms with van der Waals surface area (Å²) in [6.07, 6.45) is 0. The molecule has 1 aromatic rings. The predicted octanol–water partition coefficient (Wildman–Crippen LogP) is 2.51. The SMILES string of the molecule is CN(CC(C)(C)CN)C(=O)c1cccc(Br)c1. The Morgan fingerprint density at radius 1 is 1.47 bits per heavy atom. The second kappa shape index (κ2) is 5.65. The molecule has 0 unspecified atom stereocenters. The Kier molecular flexibility index (Phi) is 4.71. The third-order valence-corrected chi connectivity index (χ3v) is 3.13. The monoisotopic (exact) mass is 298 g/mol. The predicted molar refractivity (Wildman–Crippen MR) is 73.9 cm³/mol. The van der Waals surface area contributed by atoms with Gasteiger partial charge in [-0.25, -0.2) is 0 Å². The summed E-state index contributed by atoms with van der Waals surface area (Å²) in [6.45, 7) is 5.31. The van der Waals surface area contributed by atoms with Crippen molar-refractivity contribution in [3.8, 4) is 0 Å². The highest BCUT2D eigenvalue weighted by Gasteiger charge is 2.21. The van der Waals surface area contributed by atoms with E-state index < -0.39 is 0 Å². The van der Waals surface area contributed by atoms with Gasteiger partial charge < -0.3 is 10.6 Å². The van der Waals surface area contributed by atoms with Gasteiger partial charge >= 0.3 is 0 Å². The fourth-order valence-electron chi connectivity index (χ4n) is 1.62. The van der Waals surface area contributed by atoms with Crippen LogP contribution in [-0.4, -0.2) is 30.9 Å². The number of hydrogen-bond acceptors (Lipinski definition) is 2. The first-order chi connectivity index (χ1) is 7.85. The van der Waals surface area contributed by atoms with Crippen LogP contribution in [0.3, 0.4) is 0 Å². The molecule has 0 spiro atoms. The van der Waals surface area contributed by atoms with Crippen LogP contribution < -0.4 is 5.73 Å². The maximum Gasteiger partial charge on any atom is 0.253 e. The summed E-state index contributed by atoms with van der Waals surface area (Å²) >= 11 is 3.36. The van der Waals surface area contributed by atoms with E-state index in [0.717, 1.165) is 4.47 Å². The molecule has 0 radical (unpaired) electrons. The second-order valence-electron chi connectivity index (χ2n) is 5.04. The lowest BCUT2D eigenvalue weighted by Crippen LogP contribution is -2.39. The van der Waals surface area contributed by atoms with Crippen molar-refractivity contribution in [1.82, 2.24) is 4.90 Å². The molecule has 94 valence electrons. The molecule has 0 aliphatic rings. The van der Waals surface area contributed by atoms with Crippen molar-refractivity contribution in [3.05, 3.63) is 34.3 Å². The number of benzene rings is 1. The van der Waals surface area contributed by atoms with Gasteiger partial charge in [0.25, 0.3) is 5.91 Å². The smallest absolute Gasteiger partial charge is 0.253 e. The molecule has 1 amide bonds. The molecule has 4 heteroatoms. The molecule has 1 rings (SSSR count). The number of nitrogens with zero attached hydrogens (tertiary/aromatic N) is 1. The van der Waals surface area contributed by atoms with Crippen LogP contribution in [0.25, 0.3) is 0 Å². The van der Waals surface area contributed by atoms with E-state index in [4.69, 9.17) is 5.73 Å². The third-order valence-electron chi connectivity index (χ3n) is 2.64. The standard InChI is InChI=1S/C13H19BrN2O/c1-13(2,8-15)9-16(3)12(17)10-5-4-6-11(14)7-10/h4-7H,8-9,15H2,1-3H3. The van der Waals surface area contributed by atoms with Crippen LogP contribution in [0.5, 0.6) is 0 Å². The Morgan fingerprint density at radius 2 is 2.12 bits per heavy atom. The number of amides is 1. The zero-order valence-electron chi connectivity index (χ0n) is 10.5. The number of carbonyl (C=O) groups excluding carboxylic acids is 1. The minimum atomic E-state index is -0.0591. The largest absolute Gasteiger partial charge is 0.341 e. The van der Waals surface area contributed by atoms with Crippen LogP contribution in [0.1, 0.15) is 24.2 Å². The molecular weight excluding hydrogens is 280 g/mol. The molecule has 0 bridgehead atoms. The quantitative estimate of drug-likeness (QED) is 0.928. The van der Waals surface area contributed by atoms with Crippen molar-refractivity contribution < 1.29 is 4.79 Å². The number of hydrogen-bond donors (Lipinski definition) is 1. The number of halogens is 1. The van der Waals surface area contributed by atoms with Gasteiger partial charge in [0.1, 0.15) is 0 Å². The van der Waals surface area contributed by atoms with Crippen LogP contribution >= 0.6 is 15.9 Å². The first-order valence-electron chi connectivity index (χ1n) is 5.57. The molecule has 0 aliphatic carbocycles. The lowest BCUT2D eigenvalue weighted by atomic mass is 9.93. The summed E-state index contributed by atoms with van der Waals surface area (Å²) in [4.78, 5) is 13.9. The molecule has 0 saturated heterocycles. The maximum absolute atomic E-state index is 12.2. The molecule has 0 fully saturated rings. The summed E-state index contributed by atoms with van der Waals surface area (Å²) in [7, 11) is 1.81. The Labute approximate surface area is 111 Å². The van der Waals surface area contributed by atoms with Gasteiger partial charge in [-0.1, -0.05) is 35.8 Å². The van der Waals surface area contributed by atoms with E-state index in [2.05, 4.69) is 29.8 Å². The average Bonchev–Trinajstić information content (AvgIpc) is 2.27. The van der Waals surface area contributed by atoms with E-state index in [-0.39, 0.29) is 11.3 Å². The Morgan fingerprint density at radius 3 is 2.65 bits per heavy atom. The summed E-state index contributed by atoms with van der Waals surface area (Å²) in [5, 5.41) is 0. The van der Waals surface area contributed by atoms with Gasteiger partial charge in [0.05, 0.1) is 0 Å². The zero-order chi connectivity index (χ0) is 13.1. The van der Waals surface area contributed by atoms with Crippen molar-refractivity contribution in [3.63, 3.8) is 0 Å². The maximum atomic E-state index is 12.2. The van der Waals surface area contributed by atoms with Gasteiger partial charge in [-0.05, 0) is 30.2 Å². The zero-order valence-corrected chi connectivity index (χ0v) is 12.1. The van der Waals surface area contributed by atoms with E-state index in [9.17, 15) is 4.79 Å². The van der Waals surface area contributed by atoms with Gasteiger partial charge in [0.15, 0.2) is 0 Å². The summed E-state index contributed by atoms with van der Waals surface area (Å²) in [6, 6.07) is 7.41. The summed E-state index contributed by atoms with van der Waals surface area (Å²) in [5.41, 5.74) is 6.30. The Balaban J connectivity index is 2.77. The third kappa shape index (κ3) is 4.13.